The zero-order valence-corrected chi connectivity index (χ0v) is 11.0. The third kappa shape index (κ3) is 2.45. The second-order valence-corrected chi connectivity index (χ2v) is 4.56. The lowest BCUT2D eigenvalue weighted by molar-refractivity contribution is 0.724. The number of aryl methyl sites for hydroxylation is 1. The highest BCUT2D eigenvalue weighted by Gasteiger charge is 2.00. The van der Waals surface area contributed by atoms with Gasteiger partial charge in [0.15, 0.2) is 0 Å². The zero-order chi connectivity index (χ0) is 13.1. The molecule has 0 bridgehead atoms. The highest BCUT2D eigenvalue weighted by Crippen LogP contribution is 2.16. The fourth-order valence-corrected chi connectivity index (χ4v) is 2.28. The first-order chi connectivity index (χ1) is 9.36. The van der Waals surface area contributed by atoms with Crippen molar-refractivity contribution in [1.29, 1.82) is 0 Å². The molecule has 96 valence electrons. The third-order valence-corrected chi connectivity index (χ3v) is 3.33. The second-order valence-electron chi connectivity index (χ2n) is 4.56. The number of anilines is 1. The number of rotatable bonds is 4. The molecule has 19 heavy (non-hydrogen) atoms. The van der Waals surface area contributed by atoms with E-state index >= 15 is 0 Å². The number of nitrogens with one attached hydrogen (secondary N) is 1. The third-order valence-electron chi connectivity index (χ3n) is 3.33. The summed E-state index contributed by atoms with van der Waals surface area (Å²) in [5.41, 5.74) is 3.38. The first-order valence-corrected chi connectivity index (χ1v) is 6.59. The van der Waals surface area contributed by atoms with Crippen molar-refractivity contribution in [3.63, 3.8) is 0 Å². The summed E-state index contributed by atoms with van der Waals surface area (Å²) in [5.74, 6) is 0. The van der Waals surface area contributed by atoms with Crippen molar-refractivity contribution in [2.24, 2.45) is 0 Å². The lowest BCUT2D eigenvalue weighted by Crippen LogP contribution is -2.06. The molecule has 0 atom stereocenters. The molecule has 0 radical (unpaired) electrons. The maximum absolute atomic E-state index is 4.45. The Morgan fingerprint density at radius 1 is 1.16 bits per heavy atom. The summed E-state index contributed by atoms with van der Waals surface area (Å²) in [6.45, 7) is 3.97. The van der Waals surface area contributed by atoms with Gasteiger partial charge in [-0.1, -0.05) is 18.2 Å². The summed E-state index contributed by atoms with van der Waals surface area (Å²) in [6.07, 6.45) is 4.00. The van der Waals surface area contributed by atoms with E-state index in [4.69, 9.17) is 0 Å². The van der Waals surface area contributed by atoms with E-state index in [2.05, 4.69) is 52.3 Å². The summed E-state index contributed by atoms with van der Waals surface area (Å²) in [5, 5.41) is 4.60. The van der Waals surface area contributed by atoms with Gasteiger partial charge < -0.3 is 9.88 Å². The van der Waals surface area contributed by atoms with Crippen molar-refractivity contribution in [3.05, 3.63) is 60.6 Å². The summed E-state index contributed by atoms with van der Waals surface area (Å²) < 4.78 is 2.24. The molecule has 0 fully saturated rings. The average molecular weight is 251 g/mol. The van der Waals surface area contributed by atoms with Crippen LogP contribution in [0.1, 0.15) is 12.6 Å². The number of para-hydroxylation sites is 1. The van der Waals surface area contributed by atoms with Crippen LogP contribution in [-0.2, 0) is 13.1 Å². The minimum absolute atomic E-state index is 0.820. The van der Waals surface area contributed by atoms with Crippen LogP contribution in [0.25, 0.3) is 10.9 Å². The molecular formula is C16H17N3. The van der Waals surface area contributed by atoms with Crippen LogP contribution in [0.3, 0.4) is 0 Å². The van der Waals surface area contributed by atoms with E-state index in [0.717, 1.165) is 24.3 Å². The number of hydrogen-bond donors (Lipinski definition) is 1. The molecular weight excluding hydrogens is 234 g/mol. The van der Waals surface area contributed by atoms with Gasteiger partial charge in [-0.3, -0.25) is 4.98 Å². The van der Waals surface area contributed by atoms with Gasteiger partial charge in [0.2, 0.25) is 0 Å². The van der Waals surface area contributed by atoms with E-state index in [-0.39, 0.29) is 0 Å². The molecule has 0 saturated heterocycles. The Morgan fingerprint density at radius 2 is 2.05 bits per heavy atom. The van der Waals surface area contributed by atoms with Crippen LogP contribution in [0, 0.1) is 0 Å². The van der Waals surface area contributed by atoms with Gasteiger partial charge in [0.1, 0.15) is 0 Å². The monoisotopic (exact) mass is 251 g/mol. The van der Waals surface area contributed by atoms with Crippen molar-refractivity contribution in [2.75, 3.05) is 5.32 Å². The van der Waals surface area contributed by atoms with Crippen molar-refractivity contribution in [3.8, 4) is 0 Å². The van der Waals surface area contributed by atoms with Gasteiger partial charge in [-0.15, -0.1) is 0 Å². The molecule has 0 aliphatic heterocycles. The lowest BCUT2D eigenvalue weighted by Gasteiger charge is -2.09. The average Bonchev–Trinajstić information content (AvgIpc) is 2.92. The van der Waals surface area contributed by atoms with Gasteiger partial charge in [-0.2, -0.15) is 0 Å². The number of hydrogen-bond acceptors (Lipinski definition) is 2. The summed E-state index contributed by atoms with van der Waals surface area (Å²) >= 11 is 0. The normalized spacial score (nSPS) is 10.8. The minimum Gasteiger partial charge on any atom is -0.378 e. The molecule has 0 aliphatic carbocycles. The van der Waals surface area contributed by atoms with Gasteiger partial charge >= 0.3 is 0 Å². The number of aromatic nitrogens is 2. The van der Waals surface area contributed by atoms with E-state index in [9.17, 15) is 0 Å². The van der Waals surface area contributed by atoms with Gasteiger partial charge in [0.25, 0.3) is 0 Å². The maximum Gasteiger partial charge on any atom is 0.0703 e. The quantitative estimate of drug-likeness (QED) is 0.766. The molecule has 3 rings (SSSR count). The van der Waals surface area contributed by atoms with Crippen molar-refractivity contribution in [1.82, 2.24) is 9.55 Å². The topological polar surface area (TPSA) is 29.9 Å². The summed E-state index contributed by atoms with van der Waals surface area (Å²) in [4.78, 5) is 4.45. The molecule has 1 N–H and O–H groups in total. The second kappa shape index (κ2) is 5.14. The fourth-order valence-electron chi connectivity index (χ4n) is 2.28. The van der Waals surface area contributed by atoms with Crippen molar-refractivity contribution >= 4 is 16.6 Å². The highest BCUT2D eigenvalue weighted by atomic mass is 15.0. The predicted octanol–water partition coefficient (Wildman–Crippen LogP) is 3.67. The number of nitrogens with zero attached hydrogens (tertiary/aromatic N) is 2. The largest absolute Gasteiger partial charge is 0.378 e. The van der Waals surface area contributed by atoms with Crippen LogP contribution >= 0.6 is 0 Å². The van der Waals surface area contributed by atoms with Gasteiger partial charge in [-0.25, -0.2) is 0 Å². The summed E-state index contributed by atoms with van der Waals surface area (Å²) in [7, 11) is 0. The van der Waals surface area contributed by atoms with E-state index in [1.165, 1.54) is 11.1 Å². The van der Waals surface area contributed by atoms with Crippen LogP contribution in [0.2, 0.25) is 0 Å². The van der Waals surface area contributed by atoms with Gasteiger partial charge in [0, 0.05) is 23.8 Å². The molecule has 0 saturated carbocycles. The number of benzene rings is 1. The molecule has 0 aliphatic rings. The van der Waals surface area contributed by atoms with E-state index in [1.807, 2.05) is 24.4 Å². The Bertz CT molecular complexity index is 685. The zero-order valence-electron chi connectivity index (χ0n) is 11.0. The highest BCUT2D eigenvalue weighted by molar-refractivity contribution is 5.81. The smallest absolute Gasteiger partial charge is 0.0703 e. The lowest BCUT2D eigenvalue weighted by atomic mass is 10.2. The van der Waals surface area contributed by atoms with Gasteiger partial charge in [-0.05, 0) is 31.2 Å². The SMILES string of the molecule is CCn1cccc1CNc1cnc2ccccc2c1. The summed E-state index contributed by atoms with van der Waals surface area (Å²) in [6, 6.07) is 14.5. The molecule has 1 aromatic carbocycles. The van der Waals surface area contributed by atoms with Gasteiger partial charge in [0.05, 0.1) is 23.9 Å². The molecule has 3 heteroatoms. The molecule has 2 aromatic heterocycles. The number of fused-ring (bicyclic) bond motifs is 1. The first kappa shape index (κ1) is 11.8. The van der Waals surface area contributed by atoms with Crippen molar-refractivity contribution < 1.29 is 0 Å². The van der Waals surface area contributed by atoms with E-state index in [1.54, 1.807) is 0 Å². The van der Waals surface area contributed by atoms with Crippen molar-refractivity contribution in [2.45, 2.75) is 20.0 Å². The minimum atomic E-state index is 0.820. The van der Waals surface area contributed by atoms with Crippen LogP contribution in [0.5, 0.6) is 0 Å². The molecule has 2 heterocycles. The Hall–Kier alpha value is -2.29. The fraction of sp³-hybridized carbons (Fsp3) is 0.188. The van der Waals surface area contributed by atoms with Crippen LogP contribution in [0.4, 0.5) is 5.69 Å². The predicted molar refractivity (Wildman–Crippen MR) is 79.2 cm³/mol. The van der Waals surface area contributed by atoms with E-state index < -0.39 is 0 Å². The Balaban J connectivity index is 1.78. The van der Waals surface area contributed by atoms with E-state index in [0.29, 0.717) is 0 Å². The number of pyridine rings is 1. The van der Waals surface area contributed by atoms with Crippen LogP contribution in [-0.4, -0.2) is 9.55 Å². The Labute approximate surface area is 112 Å². The standard InChI is InChI=1S/C16H17N3/c1-2-19-9-5-7-15(19)12-17-14-10-13-6-3-4-8-16(13)18-11-14/h3-11,17H,2,12H2,1H3. The maximum atomic E-state index is 4.45. The molecule has 3 nitrogen and oxygen atoms in total. The van der Waals surface area contributed by atoms with Crippen LogP contribution < -0.4 is 5.32 Å². The Morgan fingerprint density at radius 3 is 2.95 bits per heavy atom. The molecule has 0 unspecified atom stereocenters. The molecule has 0 amide bonds. The first-order valence-electron chi connectivity index (χ1n) is 6.59. The molecule has 0 spiro atoms. The van der Waals surface area contributed by atoms with Crippen LogP contribution in [0.15, 0.2) is 54.9 Å². The Kier molecular flexibility index (Phi) is 3.19. The molecule has 3 aromatic rings.